The predicted molar refractivity (Wildman–Crippen MR) is 90.4 cm³/mol. The molecular formula is C19H16FN3O2. The smallest absolute Gasteiger partial charge is 0.270 e. The quantitative estimate of drug-likeness (QED) is 0.751. The summed E-state index contributed by atoms with van der Waals surface area (Å²) in [6.45, 7) is 0.420. The second kappa shape index (κ2) is 8.01. The molecule has 0 radical (unpaired) electrons. The number of rotatable bonds is 6. The molecular weight excluding hydrogens is 321 g/mol. The van der Waals surface area contributed by atoms with Crippen molar-refractivity contribution in [1.29, 1.82) is 0 Å². The zero-order valence-corrected chi connectivity index (χ0v) is 13.4. The van der Waals surface area contributed by atoms with Crippen molar-refractivity contribution < 1.29 is 13.9 Å². The average Bonchev–Trinajstić information content (AvgIpc) is 2.66. The number of hydrogen-bond donors (Lipinski definition) is 1. The van der Waals surface area contributed by atoms with Gasteiger partial charge in [-0.1, -0.05) is 48.5 Å². The van der Waals surface area contributed by atoms with Gasteiger partial charge in [-0.05, 0) is 11.6 Å². The number of nitrogens with zero attached hydrogens (tertiary/aromatic N) is 2. The highest BCUT2D eigenvalue weighted by Gasteiger charge is 2.10. The lowest BCUT2D eigenvalue weighted by Gasteiger charge is -2.08. The van der Waals surface area contributed by atoms with Crippen LogP contribution in [0, 0.1) is 5.82 Å². The first kappa shape index (κ1) is 16.6. The van der Waals surface area contributed by atoms with E-state index in [9.17, 15) is 9.18 Å². The minimum Gasteiger partial charge on any atom is -0.473 e. The Bertz CT molecular complexity index is 856. The molecule has 5 nitrogen and oxygen atoms in total. The molecule has 2 aromatic carbocycles. The Morgan fingerprint density at radius 3 is 2.60 bits per heavy atom. The summed E-state index contributed by atoms with van der Waals surface area (Å²) < 4.78 is 19.1. The number of amides is 1. The van der Waals surface area contributed by atoms with E-state index in [0.717, 1.165) is 5.56 Å². The van der Waals surface area contributed by atoms with Crippen LogP contribution in [0.15, 0.2) is 67.0 Å². The molecule has 25 heavy (non-hydrogen) atoms. The van der Waals surface area contributed by atoms with Crippen LogP contribution in [-0.4, -0.2) is 15.9 Å². The van der Waals surface area contributed by atoms with Crippen LogP contribution in [0.2, 0.25) is 0 Å². The van der Waals surface area contributed by atoms with Gasteiger partial charge in [-0.2, -0.15) is 0 Å². The summed E-state index contributed by atoms with van der Waals surface area (Å²) in [6.07, 6.45) is 1.26. The topological polar surface area (TPSA) is 64.1 Å². The van der Waals surface area contributed by atoms with Crippen molar-refractivity contribution in [3.63, 3.8) is 0 Å². The van der Waals surface area contributed by atoms with Crippen LogP contribution in [0.25, 0.3) is 0 Å². The third-order valence-corrected chi connectivity index (χ3v) is 3.50. The summed E-state index contributed by atoms with van der Waals surface area (Å²) >= 11 is 0. The highest BCUT2D eigenvalue weighted by molar-refractivity contribution is 5.92. The van der Waals surface area contributed by atoms with Gasteiger partial charge in [-0.3, -0.25) is 4.79 Å². The Kier molecular flexibility index (Phi) is 5.31. The standard InChI is InChI=1S/C19H16FN3O2/c20-16-9-5-4-8-15(16)11-21-19(24)17-10-18(23-13-22-17)25-12-14-6-2-1-3-7-14/h1-10,13H,11-12H2,(H,21,24). The zero-order chi connectivity index (χ0) is 17.5. The fraction of sp³-hybridized carbons (Fsp3) is 0.105. The minimum absolute atomic E-state index is 0.0791. The molecule has 0 aliphatic heterocycles. The lowest BCUT2D eigenvalue weighted by atomic mass is 10.2. The van der Waals surface area contributed by atoms with Crippen LogP contribution in [0.1, 0.15) is 21.6 Å². The van der Waals surface area contributed by atoms with E-state index in [2.05, 4.69) is 15.3 Å². The highest BCUT2D eigenvalue weighted by Crippen LogP contribution is 2.11. The van der Waals surface area contributed by atoms with Gasteiger partial charge in [0.1, 0.15) is 24.4 Å². The molecule has 3 rings (SSSR count). The lowest BCUT2D eigenvalue weighted by Crippen LogP contribution is -2.24. The first-order chi connectivity index (χ1) is 12.2. The second-order valence-corrected chi connectivity index (χ2v) is 5.29. The molecule has 0 bridgehead atoms. The van der Waals surface area contributed by atoms with E-state index in [1.54, 1.807) is 18.2 Å². The fourth-order valence-corrected chi connectivity index (χ4v) is 2.18. The molecule has 1 amide bonds. The Morgan fingerprint density at radius 2 is 1.80 bits per heavy atom. The van der Waals surface area contributed by atoms with Crippen LogP contribution >= 0.6 is 0 Å². The van der Waals surface area contributed by atoms with E-state index in [-0.39, 0.29) is 18.1 Å². The fourth-order valence-electron chi connectivity index (χ4n) is 2.18. The molecule has 0 saturated heterocycles. The Hall–Kier alpha value is -3.28. The third kappa shape index (κ3) is 4.60. The normalized spacial score (nSPS) is 10.3. The monoisotopic (exact) mass is 337 g/mol. The Balaban J connectivity index is 1.60. The maximum absolute atomic E-state index is 13.6. The van der Waals surface area contributed by atoms with Gasteiger partial charge in [0.05, 0.1) is 0 Å². The summed E-state index contributed by atoms with van der Waals surface area (Å²) in [6, 6.07) is 17.4. The van der Waals surface area contributed by atoms with Gasteiger partial charge < -0.3 is 10.1 Å². The average molecular weight is 337 g/mol. The summed E-state index contributed by atoms with van der Waals surface area (Å²) in [5.74, 6) is -0.484. The maximum atomic E-state index is 13.6. The van der Waals surface area contributed by atoms with Crippen molar-refractivity contribution in [1.82, 2.24) is 15.3 Å². The third-order valence-electron chi connectivity index (χ3n) is 3.50. The van der Waals surface area contributed by atoms with Crippen molar-refractivity contribution in [2.24, 2.45) is 0 Å². The molecule has 1 heterocycles. The van der Waals surface area contributed by atoms with Crippen molar-refractivity contribution in [2.45, 2.75) is 13.2 Å². The van der Waals surface area contributed by atoms with E-state index < -0.39 is 5.91 Å². The maximum Gasteiger partial charge on any atom is 0.270 e. The summed E-state index contributed by atoms with van der Waals surface area (Å²) in [5.41, 5.74) is 1.56. The number of halogens is 1. The Labute approximate surface area is 144 Å². The first-order valence-corrected chi connectivity index (χ1v) is 7.73. The molecule has 0 fully saturated rings. The molecule has 1 N–H and O–H groups in total. The number of nitrogens with one attached hydrogen (secondary N) is 1. The van der Waals surface area contributed by atoms with Crippen LogP contribution in [0.3, 0.4) is 0 Å². The van der Waals surface area contributed by atoms with Gasteiger partial charge in [0, 0.05) is 18.2 Å². The summed E-state index contributed by atoms with van der Waals surface area (Å²) in [4.78, 5) is 20.1. The molecule has 6 heteroatoms. The molecule has 126 valence electrons. The molecule has 0 unspecified atom stereocenters. The van der Waals surface area contributed by atoms with Crippen molar-refractivity contribution in [3.05, 3.63) is 89.6 Å². The van der Waals surface area contributed by atoms with E-state index in [4.69, 9.17) is 4.74 Å². The van der Waals surface area contributed by atoms with Gasteiger partial charge >= 0.3 is 0 Å². The van der Waals surface area contributed by atoms with Crippen molar-refractivity contribution >= 4 is 5.91 Å². The lowest BCUT2D eigenvalue weighted by molar-refractivity contribution is 0.0944. The van der Waals surface area contributed by atoms with Crippen molar-refractivity contribution in [3.8, 4) is 5.88 Å². The van der Waals surface area contributed by atoms with Gasteiger partial charge in [0.15, 0.2) is 0 Å². The van der Waals surface area contributed by atoms with Gasteiger partial charge in [-0.15, -0.1) is 0 Å². The number of aromatic nitrogens is 2. The van der Waals surface area contributed by atoms with Gasteiger partial charge in [-0.25, -0.2) is 14.4 Å². The number of carbonyl (C=O) groups is 1. The molecule has 1 aromatic heterocycles. The molecule has 0 spiro atoms. The van der Waals surface area contributed by atoms with E-state index in [0.29, 0.717) is 18.1 Å². The number of ether oxygens (including phenoxy) is 1. The van der Waals surface area contributed by atoms with E-state index in [1.165, 1.54) is 18.5 Å². The van der Waals surface area contributed by atoms with E-state index >= 15 is 0 Å². The Morgan fingerprint density at radius 1 is 1.04 bits per heavy atom. The molecule has 0 aliphatic carbocycles. The van der Waals surface area contributed by atoms with Gasteiger partial charge in [0.2, 0.25) is 5.88 Å². The predicted octanol–water partition coefficient (Wildman–Crippen LogP) is 3.12. The second-order valence-electron chi connectivity index (χ2n) is 5.29. The minimum atomic E-state index is -0.421. The molecule has 3 aromatic rings. The van der Waals surface area contributed by atoms with Crippen LogP contribution in [0.5, 0.6) is 5.88 Å². The highest BCUT2D eigenvalue weighted by atomic mass is 19.1. The SMILES string of the molecule is O=C(NCc1ccccc1F)c1cc(OCc2ccccc2)ncn1. The summed E-state index contributed by atoms with van der Waals surface area (Å²) in [7, 11) is 0. The largest absolute Gasteiger partial charge is 0.473 e. The van der Waals surface area contributed by atoms with Crippen LogP contribution < -0.4 is 10.1 Å². The number of benzene rings is 2. The molecule has 0 atom stereocenters. The summed E-state index contributed by atoms with van der Waals surface area (Å²) in [5, 5.41) is 2.63. The van der Waals surface area contributed by atoms with Crippen LogP contribution in [-0.2, 0) is 13.2 Å². The van der Waals surface area contributed by atoms with Crippen LogP contribution in [0.4, 0.5) is 4.39 Å². The molecule has 0 saturated carbocycles. The number of carbonyl (C=O) groups excluding carboxylic acids is 1. The van der Waals surface area contributed by atoms with Crippen molar-refractivity contribution in [2.75, 3.05) is 0 Å². The van der Waals surface area contributed by atoms with Gasteiger partial charge in [0.25, 0.3) is 5.91 Å². The van der Waals surface area contributed by atoms with E-state index in [1.807, 2.05) is 30.3 Å². The molecule has 0 aliphatic rings. The number of hydrogen-bond acceptors (Lipinski definition) is 4. The zero-order valence-electron chi connectivity index (χ0n) is 13.4. The first-order valence-electron chi connectivity index (χ1n) is 7.73.